The number of rotatable bonds is 1. The number of piperidine rings is 1. The van der Waals surface area contributed by atoms with Gasteiger partial charge in [-0.3, -0.25) is 4.79 Å². The lowest BCUT2D eigenvalue weighted by atomic mass is 9.91. The molecule has 1 aliphatic rings. The van der Waals surface area contributed by atoms with E-state index < -0.39 is 0 Å². The van der Waals surface area contributed by atoms with Crippen molar-refractivity contribution < 1.29 is 4.79 Å². The van der Waals surface area contributed by atoms with Crippen LogP contribution in [0.3, 0.4) is 0 Å². The lowest BCUT2D eigenvalue weighted by Crippen LogP contribution is -2.46. The molecule has 0 bridgehead atoms. The maximum atomic E-state index is 12.5. The van der Waals surface area contributed by atoms with Crippen LogP contribution in [0.4, 0.5) is 5.69 Å². The molecule has 0 saturated carbocycles. The van der Waals surface area contributed by atoms with Gasteiger partial charge in [0.1, 0.15) is 0 Å². The number of anilines is 1. The number of nitrogen functional groups attached to an aromatic ring is 1. The maximum Gasteiger partial charge on any atom is 0.254 e. The fraction of sp³-hybridized carbons (Fsp3) is 0.500. The molecule has 2 rings (SSSR count). The first-order chi connectivity index (χ1) is 8.91. The Labute approximate surface area is 123 Å². The zero-order valence-corrected chi connectivity index (χ0v) is 12.6. The SMILES string of the molecule is CC1CCCN(C(=O)c2cc(N)c(Cl)c(Cl)c2)C1C. The van der Waals surface area contributed by atoms with E-state index >= 15 is 0 Å². The first-order valence-corrected chi connectivity index (χ1v) is 7.23. The largest absolute Gasteiger partial charge is 0.397 e. The number of carbonyl (C=O) groups is 1. The van der Waals surface area contributed by atoms with Crippen LogP contribution in [0.2, 0.25) is 10.0 Å². The van der Waals surface area contributed by atoms with Gasteiger partial charge in [-0.05, 0) is 37.8 Å². The third-order valence-corrected chi connectivity index (χ3v) is 4.75. The van der Waals surface area contributed by atoms with Gasteiger partial charge in [0.05, 0.1) is 15.7 Å². The number of halogens is 2. The molecule has 0 aromatic heterocycles. The van der Waals surface area contributed by atoms with E-state index in [1.54, 1.807) is 12.1 Å². The number of amides is 1. The molecule has 2 N–H and O–H groups in total. The summed E-state index contributed by atoms with van der Waals surface area (Å²) in [7, 11) is 0. The fourth-order valence-corrected chi connectivity index (χ4v) is 2.86. The monoisotopic (exact) mass is 300 g/mol. The van der Waals surface area contributed by atoms with Crippen LogP contribution in [0.15, 0.2) is 12.1 Å². The van der Waals surface area contributed by atoms with Gasteiger partial charge in [-0.15, -0.1) is 0 Å². The number of hydrogen-bond acceptors (Lipinski definition) is 2. The Morgan fingerprint density at radius 2 is 2.05 bits per heavy atom. The Balaban J connectivity index is 2.29. The topological polar surface area (TPSA) is 46.3 Å². The second kappa shape index (κ2) is 5.59. The van der Waals surface area contributed by atoms with Crippen LogP contribution in [0.1, 0.15) is 37.0 Å². The molecule has 1 saturated heterocycles. The summed E-state index contributed by atoms with van der Waals surface area (Å²) in [5.41, 5.74) is 6.61. The lowest BCUT2D eigenvalue weighted by molar-refractivity contribution is 0.0551. The molecule has 5 heteroatoms. The van der Waals surface area contributed by atoms with Crippen molar-refractivity contribution >= 4 is 34.8 Å². The summed E-state index contributed by atoms with van der Waals surface area (Å²) in [6, 6.07) is 3.42. The maximum absolute atomic E-state index is 12.5. The molecule has 1 heterocycles. The molecule has 1 fully saturated rings. The standard InChI is InChI=1S/C14H18Cl2N2O/c1-8-4-3-5-18(9(8)2)14(19)10-6-11(15)13(16)12(17)7-10/h6-9H,3-5,17H2,1-2H3. The molecule has 1 aromatic rings. The zero-order valence-electron chi connectivity index (χ0n) is 11.1. The van der Waals surface area contributed by atoms with Crippen molar-refractivity contribution in [1.82, 2.24) is 4.90 Å². The van der Waals surface area contributed by atoms with E-state index in [0.717, 1.165) is 19.4 Å². The first kappa shape index (κ1) is 14.5. The molecule has 0 spiro atoms. The summed E-state index contributed by atoms with van der Waals surface area (Å²) in [6.07, 6.45) is 2.20. The minimum atomic E-state index is -0.0238. The van der Waals surface area contributed by atoms with Crippen molar-refractivity contribution in [1.29, 1.82) is 0 Å². The number of likely N-dealkylation sites (tertiary alicyclic amines) is 1. The van der Waals surface area contributed by atoms with E-state index in [-0.39, 0.29) is 11.9 Å². The van der Waals surface area contributed by atoms with Gasteiger partial charge >= 0.3 is 0 Å². The number of hydrogen-bond donors (Lipinski definition) is 1. The van der Waals surface area contributed by atoms with Gasteiger partial charge in [0.15, 0.2) is 0 Å². The summed E-state index contributed by atoms with van der Waals surface area (Å²) in [5, 5.41) is 0.626. The molecule has 1 aromatic carbocycles. The predicted molar refractivity (Wildman–Crippen MR) is 79.8 cm³/mol. The van der Waals surface area contributed by atoms with Crippen LogP contribution < -0.4 is 5.73 Å². The molecule has 3 nitrogen and oxygen atoms in total. The minimum Gasteiger partial charge on any atom is -0.397 e. The lowest BCUT2D eigenvalue weighted by Gasteiger charge is -2.38. The summed E-state index contributed by atoms with van der Waals surface area (Å²) in [6.45, 7) is 5.04. The quantitative estimate of drug-likeness (QED) is 0.801. The van der Waals surface area contributed by atoms with E-state index in [9.17, 15) is 4.79 Å². The van der Waals surface area contributed by atoms with Crippen LogP contribution in [0.25, 0.3) is 0 Å². The van der Waals surface area contributed by atoms with Crippen molar-refractivity contribution in [2.75, 3.05) is 12.3 Å². The van der Waals surface area contributed by atoms with Crippen LogP contribution in [-0.4, -0.2) is 23.4 Å². The van der Waals surface area contributed by atoms with Crippen molar-refractivity contribution in [3.05, 3.63) is 27.7 Å². The molecule has 1 amide bonds. The first-order valence-electron chi connectivity index (χ1n) is 6.47. The number of nitrogens with two attached hydrogens (primary N) is 1. The van der Waals surface area contributed by atoms with Crippen LogP contribution >= 0.6 is 23.2 Å². The van der Waals surface area contributed by atoms with Crippen molar-refractivity contribution in [3.63, 3.8) is 0 Å². The zero-order chi connectivity index (χ0) is 14.2. The van der Waals surface area contributed by atoms with Crippen LogP contribution in [0, 0.1) is 5.92 Å². The van der Waals surface area contributed by atoms with E-state index in [1.807, 2.05) is 4.90 Å². The highest BCUT2D eigenvalue weighted by Gasteiger charge is 2.29. The molecule has 2 unspecified atom stereocenters. The molecular weight excluding hydrogens is 283 g/mol. The summed E-state index contributed by atoms with van der Waals surface area (Å²) in [5.74, 6) is 0.488. The molecule has 1 aliphatic heterocycles. The fourth-order valence-electron chi connectivity index (χ4n) is 2.52. The Hall–Kier alpha value is -0.930. The van der Waals surface area contributed by atoms with Gasteiger partial charge in [0, 0.05) is 18.2 Å². The summed E-state index contributed by atoms with van der Waals surface area (Å²) in [4.78, 5) is 14.4. The van der Waals surface area contributed by atoms with E-state index in [1.165, 1.54) is 0 Å². The second-order valence-corrected chi connectivity index (χ2v) is 6.01. The third kappa shape index (κ3) is 2.82. The molecule has 0 aliphatic carbocycles. The summed E-state index contributed by atoms with van der Waals surface area (Å²) >= 11 is 11.9. The van der Waals surface area contributed by atoms with Crippen molar-refractivity contribution in [2.24, 2.45) is 5.92 Å². The molecular formula is C14H18Cl2N2O. The molecule has 104 valence electrons. The van der Waals surface area contributed by atoms with Crippen molar-refractivity contribution in [3.8, 4) is 0 Å². The van der Waals surface area contributed by atoms with Gasteiger partial charge in [-0.1, -0.05) is 30.1 Å². The Morgan fingerprint density at radius 1 is 1.37 bits per heavy atom. The molecule has 2 atom stereocenters. The highest BCUT2D eigenvalue weighted by Crippen LogP contribution is 2.31. The number of benzene rings is 1. The van der Waals surface area contributed by atoms with Gasteiger partial charge in [-0.25, -0.2) is 0 Å². The Kier molecular flexibility index (Phi) is 4.26. The van der Waals surface area contributed by atoms with Gasteiger partial charge < -0.3 is 10.6 Å². The minimum absolute atomic E-state index is 0.0238. The van der Waals surface area contributed by atoms with Crippen LogP contribution in [0.5, 0.6) is 0 Å². The Morgan fingerprint density at radius 3 is 2.68 bits per heavy atom. The average Bonchev–Trinajstić information content (AvgIpc) is 2.38. The Bertz CT molecular complexity index is 481. The van der Waals surface area contributed by atoms with E-state index in [2.05, 4.69) is 13.8 Å². The van der Waals surface area contributed by atoms with E-state index in [4.69, 9.17) is 28.9 Å². The molecule has 0 radical (unpaired) electrons. The summed E-state index contributed by atoms with van der Waals surface area (Å²) < 4.78 is 0. The normalized spacial score (nSPS) is 23.5. The van der Waals surface area contributed by atoms with E-state index in [0.29, 0.717) is 27.2 Å². The van der Waals surface area contributed by atoms with Crippen molar-refractivity contribution in [2.45, 2.75) is 32.7 Å². The average molecular weight is 301 g/mol. The number of carbonyl (C=O) groups excluding carboxylic acids is 1. The third-order valence-electron chi connectivity index (χ3n) is 3.94. The van der Waals surface area contributed by atoms with Gasteiger partial charge in [-0.2, -0.15) is 0 Å². The highest BCUT2D eigenvalue weighted by atomic mass is 35.5. The van der Waals surface area contributed by atoms with Gasteiger partial charge in [0.25, 0.3) is 5.91 Å². The molecule has 19 heavy (non-hydrogen) atoms. The predicted octanol–water partition coefficient (Wildman–Crippen LogP) is 3.84. The smallest absolute Gasteiger partial charge is 0.254 e. The van der Waals surface area contributed by atoms with Gasteiger partial charge in [0.2, 0.25) is 0 Å². The highest BCUT2D eigenvalue weighted by molar-refractivity contribution is 6.43. The second-order valence-electron chi connectivity index (χ2n) is 5.22. The number of nitrogens with zero attached hydrogens (tertiary/aromatic N) is 1. The van der Waals surface area contributed by atoms with Crippen LogP contribution in [-0.2, 0) is 0 Å².